The number of hydrogen-bond donors (Lipinski definition) is 0. The molecule has 0 atom stereocenters. The zero-order valence-electron chi connectivity index (χ0n) is 15.5. The highest BCUT2D eigenvalue weighted by atomic mass is 32.1. The standard InChI is InChI=1S/C22H18N2O3S/c1-3-26-19-10-6-17(7-11-19)21-14-28-22(24-21)18(13-23)12-16-4-8-20(9-5-16)27-15(2)25/h4-12,14H,3H2,1-2H3/b18-12-. The summed E-state index contributed by atoms with van der Waals surface area (Å²) in [5.41, 5.74) is 3.08. The maximum Gasteiger partial charge on any atom is 0.308 e. The molecule has 1 aromatic heterocycles. The van der Waals surface area contributed by atoms with Crippen LogP contribution in [0, 0.1) is 11.3 Å². The smallest absolute Gasteiger partial charge is 0.308 e. The number of rotatable bonds is 6. The van der Waals surface area contributed by atoms with Crippen LogP contribution >= 0.6 is 11.3 Å². The highest BCUT2D eigenvalue weighted by Crippen LogP contribution is 2.28. The predicted octanol–water partition coefficient (Wildman–Crippen LogP) is 5.20. The normalized spacial score (nSPS) is 11.0. The Kier molecular flexibility index (Phi) is 6.20. The summed E-state index contributed by atoms with van der Waals surface area (Å²) >= 11 is 1.42. The summed E-state index contributed by atoms with van der Waals surface area (Å²) in [6.45, 7) is 3.92. The molecule has 3 rings (SSSR count). The molecular formula is C22H18N2O3S. The first-order valence-electron chi connectivity index (χ1n) is 8.68. The minimum atomic E-state index is -0.370. The first kappa shape index (κ1) is 19.3. The molecule has 28 heavy (non-hydrogen) atoms. The predicted molar refractivity (Wildman–Crippen MR) is 110 cm³/mol. The maximum absolute atomic E-state index is 11.0. The number of benzene rings is 2. The van der Waals surface area contributed by atoms with Gasteiger partial charge in [-0.3, -0.25) is 4.79 Å². The Hall–Kier alpha value is -3.43. The first-order chi connectivity index (χ1) is 13.6. The number of thiazole rings is 1. The van der Waals surface area contributed by atoms with Crippen LogP contribution in [0.15, 0.2) is 53.9 Å². The van der Waals surface area contributed by atoms with Crippen LogP contribution in [0.2, 0.25) is 0 Å². The minimum Gasteiger partial charge on any atom is -0.494 e. The zero-order valence-corrected chi connectivity index (χ0v) is 16.3. The van der Waals surface area contributed by atoms with Crippen LogP contribution in [-0.2, 0) is 4.79 Å². The van der Waals surface area contributed by atoms with Gasteiger partial charge in [-0.25, -0.2) is 4.98 Å². The van der Waals surface area contributed by atoms with E-state index in [9.17, 15) is 10.1 Å². The quantitative estimate of drug-likeness (QED) is 0.329. The maximum atomic E-state index is 11.0. The van der Waals surface area contributed by atoms with Gasteiger partial charge in [-0.05, 0) is 55.0 Å². The van der Waals surface area contributed by atoms with Gasteiger partial charge in [0.15, 0.2) is 0 Å². The van der Waals surface area contributed by atoms with Gasteiger partial charge in [-0.15, -0.1) is 11.3 Å². The summed E-state index contributed by atoms with van der Waals surface area (Å²) in [4.78, 5) is 15.6. The van der Waals surface area contributed by atoms with E-state index in [2.05, 4.69) is 11.1 Å². The van der Waals surface area contributed by atoms with Crippen molar-refractivity contribution in [3.63, 3.8) is 0 Å². The number of nitriles is 1. The Balaban J connectivity index is 1.80. The van der Waals surface area contributed by atoms with Crippen LogP contribution < -0.4 is 9.47 Å². The van der Waals surface area contributed by atoms with Crippen LogP contribution in [0.5, 0.6) is 11.5 Å². The highest BCUT2D eigenvalue weighted by Gasteiger charge is 2.09. The second-order valence-corrected chi connectivity index (χ2v) is 6.69. The molecule has 0 bridgehead atoms. The SMILES string of the molecule is CCOc1ccc(-c2csc(/C(C#N)=C\c3ccc(OC(C)=O)cc3)n2)cc1. The molecule has 3 aromatic rings. The largest absolute Gasteiger partial charge is 0.494 e. The second kappa shape index (κ2) is 8.98. The van der Waals surface area contributed by atoms with Crippen LogP contribution in [0.3, 0.4) is 0 Å². The zero-order chi connectivity index (χ0) is 19.9. The fourth-order valence-corrected chi connectivity index (χ4v) is 3.32. The molecule has 6 heteroatoms. The van der Waals surface area contributed by atoms with E-state index < -0.39 is 0 Å². The van der Waals surface area contributed by atoms with Gasteiger partial charge in [0.05, 0.1) is 17.9 Å². The van der Waals surface area contributed by atoms with Crippen molar-refractivity contribution >= 4 is 29.0 Å². The number of aromatic nitrogens is 1. The lowest BCUT2D eigenvalue weighted by Crippen LogP contribution is -2.00. The van der Waals surface area contributed by atoms with Crippen LogP contribution in [-0.4, -0.2) is 17.6 Å². The molecule has 140 valence electrons. The third-order valence-corrected chi connectivity index (χ3v) is 4.64. The van der Waals surface area contributed by atoms with Crippen molar-refractivity contribution in [2.24, 2.45) is 0 Å². The van der Waals surface area contributed by atoms with E-state index in [-0.39, 0.29) is 5.97 Å². The van der Waals surface area contributed by atoms with Crippen molar-refractivity contribution in [2.45, 2.75) is 13.8 Å². The third kappa shape index (κ3) is 4.84. The molecule has 0 saturated carbocycles. The number of esters is 1. The molecule has 0 aliphatic carbocycles. The molecule has 0 aliphatic heterocycles. The first-order valence-corrected chi connectivity index (χ1v) is 9.56. The summed E-state index contributed by atoms with van der Waals surface area (Å²) in [5.74, 6) is 0.914. The van der Waals surface area contributed by atoms with Gasteiger partial charge in [-0.2, -0.15) is 5.26 Å². The third-order valence-electron chi connectivity index (χ3n) is 3.77. The molecule has 0 aliphatic rings. The summed E-state index contributed by atoms with van der Waals surface area (Å²) in [6.07, 6.45) is 1.76. The number of carbonyl (C=O) groups is 1. The Labute approximate surface area is 167 Å². The lowest BCUT2D eigenvalue weighted by molar-refractivity contribution is -0.131. The van der Waals surface area contributed by atoms with Crippen LogP contribution in [0.4, 0.5) is 0 Å². The second-order valence-electron chi connectivity index (χ2n) is 5.83. The lowest BCUT2D eigenvalue weighted by Gasteiger charge is -2.03. The number of allylic oxidation sites excluding steroid dienone is 1. The lowest BCUT2D eigenvalue weighted by atomic mass is 10.1. The Morgan fingerprint density at radius 3 is 2.43 bits per heavy atom. The number of hydrogen-bond acceptors (Lipinski definition) is 6. The van der Waals surface area contributed by atoms with Gasteiger partial charge in [-0.1, -0.05) is 12.1 Å². The van der Waals surface area contributed by atoms with Gasteiger partial charge in [0.2, 0.25) is 0 Å². The molecule has 0 radical (unpaired) electrons. The number of nitrogens with zero attached hydrogens (tertiary/aromatic N) is 2. The van der Waals surface area contributed by atoms with E-state index in [1.807, 2.05) is 36.6 Å². The van der Waals surface area contributed by atoms with E-state index in [1.54, 1.807) is 30.3 Å². The van der Waals surface area contributed by atoms with E-state index in [1.165, 1.54) is 18.3 Å². The number of ether oxygens (including phenoxy) is 2. The Morgan fingerprint density at radius 1 is 1.14 bits per heavy atom. The van der Waals surface area contributed by atoms with Crippen molar-refractivity contribution in [3.8, 4) is 28.8 Å². The Morgan fingerprint density at radius 2 is 1.82 bits per heavy atom. The molecule has 0 unspecified atom stereocenters. The van der Waals surface area contributed by atoms with Gasteiger partial charge >= 0.3 is 5.97 Å². The molecule has 0 N–H and O–H groups in total. The van der Waals surface area contributed by atoms with E-state index in [0.717, 1.165) is 22.6 Å². The van der Waals surface area contributed by atoms with Crippen molar-refractivity contribution in [3.05, 3.63) is 64.5 Å². The molecule has 2 aromatic carbocycles. The highest BCUT2D eigenvalue weighted by molar-refractivity contribution is 7.11. The minimum absolute atomic E-state index is 0.370. The molecular weight excluding hydrogens is 372 g/mol. The number of carbonyl (C=O) groups excluding carboxylic acids is 1. The van der Waals surface area contributed by atoms with Crippen LogP contribution in [0.25, 0.3) is 22.9 Å². The average molecular weight is 390 g/mol. The molecule has 0 spiro atoms. The Bertz CT molecular complexity index is 1030. The summed E-state index contributed by atoms with van der Waals surface area (Å²) in [7, 11) is 0. The van der Waals surface area contributed by atoms with Crippen molar-refractivity contribution in [2.75, 3.05) is 6.61 Å². The summed E-state index contributed by atoms with van der Waals surface area (Å²) in [6, 6.07) is 16.9. The van der Waals surface area contributed by atoms with Gasteiger partial charge in [0.1, 0.15) is 22.6 Å². The average Bonchev–Trinajstić information content (AvgIpc) is 3.18. The molecule has 5 nitrogen and oxygen atoms in total. The van der Waals surface area contributed by atoms with Gasteiger partial charge in [0, 0.05) is 17.9 Å². The van der Waals surface area contributed by atoms with Gasteiger partial charge < -0.3 is 9.47 Å². The molecule has 0 amide bonds. The molecule has 0 fully saturated rings. The van der Waals surface area contributed by atoms with E-state index >= 15 is 0 Å². The topological polar surface area (TPSA) is 72.2 Å². The van der Waals surface area contributed by atoms with Crippen molar-refractivity contribution in [1.29, 1.82) is 5.26 Å². The van der Waals surface area contributed by atoms with E-state index in [4.69, 9.17) is 9.47 Å². The fraction of sp³-hybridized carbons (Fsp3) is 0.136. The molecule has 0 saturated heterocycles. The van der Waals surface area contributed by atoms with Crippen molar-refractivity contribution < 1.29 is 14.3 Å². The molecule has 1 heterocycles. The van der Waals surface area contributed by atoms with Gasteiger partial charge in [0.25, 0.3) is 0 Å². The monoisotopic (exact) mass is 390 g/mol. The summed E-state index contributed by atoms with van der Waals surface area (Å²) in [5, 5.41) is 12.1. The summed E-state index contributed by atoms with van der Waals surface area (Å²) < 4.78 is 10.5. The van der Waals surface area contributed by atoms with Crippen molar-refractivity contribution in [1.82, 2.24) is 4.98 Å². The van der Waals surface area contributed by atoms with Crippen LogP contribution in [0.1, 0.15) is 24.4 Å². The van der Waals surface area contributed by atoms with E-state index in [0.29, 0.717) is 22.9 Å². The fourth-order valence-electron chi connectivity index (χ4n) is 2.53.